The van der Waals surface area contributed by atoms with E-state index in [0.717, 1.165) is 18.4 Å². The predicted octanol–water partition coefficient (Wildman–Crippen LogP) is 2.01. The number of para-hydroxylation sites is 1. The summed E-state index contributed by atoms with van der Waals surface area (Å²) in [6.07, 6.45) is 2.61. The molecule has 1 saturated carbocycles. The van der Waals surface area contributed by atoms with E-state index in [1.165, 1.54) is 4.90 Å². The highest BCUT2D eigenvalue weighted by molar-refractivity contribution is 6.01. The van der Waals surface area contributed by atoms with Crippen molar-refractivity contribution in [3.05, 3.63) is 29.8 Å². The van der Waals surface area contributed by atoms with Gasteiger partial charge in [-0.1, -0.05) is 25.1 Å². The molecule has 1 aromatic carbocycles. The molecule has 106 valence electrons. The third-order valence-electron chi connectivity index (χ3n) is 4.25. The summed E-state index contributed by atoms with van der Waals surface area (Å²) in [6.45, 7) is 2.73. The van der Waals surface area contributed by atoms with Gasteiger partial charge in [-0.3, -0.25) is 4.90 Å². The fourth-order valence-corrected chi connectivity index (χ4v) is 2.60. The van der Waals surface area contributed by atoms with Crippen LogP contribution in [0.4, 0.5) is 10.5 Å². The molecule has 1 heterocycles. The summed E-state index contributed by atoms with van der Waals surface area (Å²) in [6, 6.07) is 6.25. The molecular weight excluding hydrogens is 256 g/mol. The van der Waals surface area contributed by atoms with Crippen LogP contribution in [0.15, 0.2) is 24.3 Å². The molecule has 5 nitrogen and oxygen atoms in total. The second-order valence-corrected chi connectivity index (χ2v) is 6.03. The molecule has 0 bridgehead atoms. The molecule has 2 aliphatic rings. The Bertz CT molecular complexity index is 566. The molecule has 5 heteroatoms. The predicted molar refractivity (Wildman–Crippen MR) is 74.8 cm³/mol. The van der Waals surface area contributed by atoms with Crippen molar-refractivity contribution in [3.8, 4) is 0 Å². The molecule has 0 saturated heterocycles. The van der Waals surface area contributed by atoms with Gasteiger partial charge in [-0.2, -0.15) is 0 Å². The fraction of sp³-hybridized carbons (Fsp3) is 0.467. The minimum absolute atomic E-state index is 0.202. The van der Waals surface area contributed by atoms with E-state index in [2.05, 4.69) is 12.2 Å². The number of aliphatic carboxylic acids is 1. The van der Waals surface area contributed by atoms with E-state index in [1.54, 1.807) is 6.07 Å². The molecule has 1 unspecified atom stereocenters. The number of carboxylic acids is 1. The van der Waals surface area contributed by atoms with Crippen molar-refractivity contribution in [1.29, 1.82) is 0 Å². The summed E-state index contributed by atoms with van der Waals surface area (Å²) in [5.41, 5.74) is 1.82. The van der Waals surface area contributed by atoms with Gasteiger partial charge >= 0.3 is 12.0 Å². The van der Waals surface area contributed by atoms with Crippen LogP contribution in [0, 0.1) is 5.41 Å². The van der Waals surface area contributed by atoms with E-state index >= 15 is 0 Å². The summed E-state index contributed by atoms with van der Waals surface area (Å²) in [5, 5.41) is 12.2. The van der Waals surface area contributed by atoms with Crippen LogP contribution in [-0.4, -0.2) is 29.7 Å². The number of nitrogens with one attached hydrogen (secondary N) is 1. The van der Waals surface area contributed by atoms with Crippen LogP contribution < -0.4 is 10.2 Å². The number of nitrogens with zero attached hydrogens (tertiary/aromatic N) is 1. The second-order valence-electron chi connectivity index (χ2n) is 6.03. The number of fused-ring (bicyclic) bond motifs is 1. The average molecular weight is 274 g/mol. The van der Waals surface area contributed by atoms with Crippen molar-refractivity contribution in [2.75, 3.05) is 11.4 Å². The number of hydrogen-bond donors (Lipinski definition) is 2. The Morgan fingerprint density at radius 3 is 2.75 bits per heavy atom. The van der Waals surface area contributed by atoms with Gasteiger partial charge in [0.25, 0.3) is 0 Å². The minimum atomic E-state index is -0.964. The SMILES string of the molecule is CC1(CNC(=O)N2c3ccccc3CC2C(=O)O)CC1. The van der Waals surface area contributed by atoms with Crippen molar-refractivity contribution in [1.82, 2.24) is 5.32 Å². The van der Waals surface area contributed by atoms with E-state index < -0.39 is 12.0 Å². The maximum Gasteiger partial charge on any atom is 0.327 e. The lowest BCUT2D eigenvalue weighted by Crippen LogP contribution is -2.49. The van der Waals surface area contributed by atoms with Gasteiger partial charge in [0.1, 0.15) is 6.04 Å². The van der Waals surface area contributed by atoms with Gasteiger partial charge in [0.05, 0.1) is 0 Å². The Balaban J connectivity index is 1.80. The Kier molecular flexibility index (Phi) is 2.92. The number of amides is 2. The molecule has 2 amide bonds. The molecule has 1 aliphatic carbocycles. The summed E-state index contributed by atoms with van der Waals surface area (Å²) < 4.78 is 0. The van der Waals surface area contributed by atoms with Gasteiger partial charge in [-0.05, 0) is 29.9 Å². The van der Waals surface area contributed by atoms with E-state index in [4.69, 9.17) is 0 Å². The number of urea groups is 1. The molecule has 2 N–H and O–H groups in total. The van der Waals surface area contributed by atoms with Gasteiger partial charge in [0, 0.05) is 18.7 Å². The number of carbonyl (C=O) groups excluding carboxylic acids is 1. The fourth-order valence-electron chi connectivity index (χ4n) is 2.60. The third-order valence-corrected chi connectivity index (χ3v) is 4.25. The Morgan fingerprint density at radius 1 is 1.40 bits per heavy atom. The van der Waals surface area contributed by atoms with Crippen LogP contribution in [0.5, 0.6) is 0 Å². The smallest absolute Gasteiger partial charge is 0.327 e. The molecule has 0 spiro atoms. The van der Waals surface area contributed by atoms with Crippen LogP contribution in [-0.2, 0) is 11.2 Å². The van der Waals surface area contributed by atoms with Crippen molar-refractivity contribution in [3.63, 3.8) is 0 Å². The first-order valence-electron chi connectivity index (χ1n) is 6.88. The Labute approximate surface area is 117 Å². The molecule has 0 aromatic heterocycles. The molecule has 0 radical (unpaired) electrons. The highest BCUT2D eigenvalue weighted by atomic mass is 16.4. The van der Waals surface area contributed by atoms with Crippen LogP contribution in [0.1, 0.15) is 25.3 Å². The van der Waals surface area contributed by atoms with E-state index in [-0.39, 0.29) is 11.4 Å². The van der Waals surface area contributed by atoms with Gasteiger partial charge in [-0.15, -0.1) is 0 Å². The standard InChI is InChI=1S/C15H18N2O3/c1-15(6-7-15)9-16-14(20)17-11-5-3-2-4-10(11)8-12(17)13(18)19/h2-5,12H,6-9H2,1H3,(H,16,20)(H,18,19). The lowest BCUT2D eigenvalue weighted by atomic mass is 10.1. The van der Waals surface area contributed by atoms with Crippen molar-refractivity contribution in [2.45, 2.75) is 32.2 Å². The molecular formula is C15H18N2O3. The van der Waals surface area contributed by atoms with Gasteiger partial charge in [-0.25, -0.2) is 9.59 Å². The maximum absolute atomic E-state index is 12.3. The van der Waals surface area contributed by atoms with Crippen LogP contribution in [0.25, 0.3) is 0 Å². The van der Waals surface area contributed by atoms with Crippen LogP contribution in [0.2, 0.25) is 0 Å². The quantitative estimate of drug-likeness (QED) is 0.885. The van der Waals surface area contributed by atoms with E-state index in [1.807, 2.05) is 18.2 Å². The molecule has 1 fully saturated rings. The summed E-state index contributed by atoms with van der Waals surface area (Å²) >= 11 is 0. The third kappa shape index (κ3) is 2.24. The summed E-state index contributed by atoms with van der Waals surface area (Å²) in [7, 11) is 0. The summed E-state index contributed by atoms with van der Waals surface area (Å²) in [5.74, 6) is -0.964. The topological polar surface area (TPSA) is 69.6 Å². The lowest BCUT2D eigenvalue weighted by Gasteiger charge is -2.24. The number of hydrogen-bond acceptors (Lipinski definition) is 2. The molecule has 20 heavy (non-hydrogen) atoms. The second kappa shape index (κ2) is 4.51. The number of carboxylic acid groups (broad SMARTS) is 1. The first-order chi connectivity index (χ1) is 9.50. The van der Waals surface area contributed by atoms with Crippen LogP contribution >= 0.6 is 0 Å². The van der Waals surface area contributed by atoms with E-state index in [0.29, 0.717) is 18.7 Å². The highest BCUT2D eigenvalue weighted by Crippen LogP contribution is 2.44. The zero-order valence-corrected chi connectivity index (χ0v) is 11.4. The first kappa shape index (κ1) is 13.0. The molecule has 3 rings (SSSR count). The lowest BCUT2D eigenvalue weighted by molar-refractivity contribution is -0.138. The molecule has 1 atom stereocenters. The monoisotopic (exact) mass is 274 g/mol. The maximum atomic E-state index is 12.3. The van der Waals surface area contributed by atoms with Gasteiger partial charge in [0.2, 0.25) is 0 Å². The first-order valence-corrected chi connectivity index (χ1v) is 6.88. The minimum Gasteiger partial charge on any atom is -0.480 e. The summed E-state index contributed by atoms with van der Waals surface area (Å²) in [4.78, 5) is 25.1. The zero-order valence-electron chi connectivity index (χ0n) is 11.4. The largest absolute Gasteiger partial charge is 0.480 e. The normalized spacial score (nSPS) is 22.2. The number of rotatable bonds is 3. The average Bonchev–Trinajstić information content (AvgIpc) is 3.03. The van der Waals surface area contributed by atoms with Crippen molar-refractivity contribution < 1.29 is 14.7 Å². The number of benzene rings is 1. The number of carbonyl (C=O) groups is 2. The number of anilines is 1. The van der Waals surface area contributed by atoms with Gasteiger partial charge in [0.15, 0.2) is 0 Å². The Hall–Kier alpha value is -2.04. The van der Waals surface area contributed by atoms with Crippen molar-refractivity contribution in [2.24, 2.45) is 5.41 Å². The van der Waals surface area contributed by atoms with Crippen molar-refractivity contribution >= 4 is 17.7 Å². The highest BCUT2D eigenvalue weighted by Gasteiger charge is 2.41. The van der Waals surface area contributed by atoms with Crippen LogP contribution in [0.3, 0.4) is 0 Å². The molecule has 1 aliphatic heterocycles. The molecule has 1 aromatic rings. The van der Waals surface area contributed by atoms with Gasteiger partial charge < -0.3 is 10.4 Å². The van der Waals surface area contributed by atoms with E-state index in [9.17, 15) is 14.7 Å². The Morgan fingerprint density at radius 2 is 2.10 bits per heavy atom. The zero-order chi connectivity index (χ0) is 14.3.